The van der Waals surface area contributed by atoms with Crippen molar-refractivity contribution in [1.82, 2.24) is 4.90 Å². The summed E-state index contributed by atoms with van der Waals surface area (Å²) in [6.07, 6.45) is 3.99. The van der Waals surface area contributed by atoms with E-state index in [0.29, 0.717) is 6.04 Å². The summed E-state index contributed by atoms with van der Waals surface area (Å²) in [5, 5.41) is 9.00. The Hall–Kier alpha value is -0.610. The Morgan fingerprint density at radius 2 is 2.00 bits per heavy atom. The van der Waals surface area contributed by atoms with E-state index < -0.39 is 5.97 Å². The van der Waals surface area contributed by atoms with Gasteiger partial charge in [-0.3, -0.25) is 9.69 Å². The summed E-state index contributed by atoms with van der Waals surface area (Å²) < 4.78 is 5.32. The van der Waals surface area contributed by atoms with Crippen LogP contribution in [0.25, 0.3) is 0 Å². The summed E-state index contributed by atoms with van der Waals surface area (Å²) >= 11 is 0. The van der Waals surface area contributed by atoms with Gasteiger partial charge in [0, 0.05) is 25.8 Å². The molecule has 4 heteroatoms. The zero-order chi connectivity index (χ0) is 10.7. The molecule has 0 aromatic carbocycles. The summed E-state index contributed by atoms with van der Waals surface area (Å²) in [5.41, 5.74) is 0. The fourth-order valence-corrected chi connectivity index (χ4v) is 2.59. The smallest absolute Gasteiger partial charge is 0.307 e. The molecule has 2 heterocycles. The van der Waals surface area contributed by atoms with E-state index in [2.05, 4.69) is 4.90 Å². The van der Waals surface area contributed by atoms with Crippen LogP contribution in [0.15, 0.2) is 0 Å². The minimum atomic E-state index is -0.633. The molecule has 2 aliphatic heterocycles. The number of carbonyl (C=O) groups is 1. The van der Waals surface area contributed by atoms with Crippen molar-refractivity contribution < 1.29 is 14.6 Å². The van der Waals surface area contributed by atoms with E-state index in [1.807, 2.05) is 0 Å². The maximum atomic E-state index is 10.9. The standard InChI is InChI=1S/C11H19NO3/c13-11(14)9-2-1-5-12(8-9)10-3-6-15-7-4-10/h9-10H,1-8H2,(H,13,14). The molecule has 15 heavy (non-hydrogen) atoms. The van der Waals surface area contributed by atoms with Crippen molar-refractivity contribution in [1.29, 1.82) is 0 Å². The quantitative estimate of drug-likeness (QED) is 0.742. The maximum Gasteiger partial charge on any atom is 0.307 e. The van der Waals surface area contributed by atoms with Crippen LogP contribution in [0.1, 0.15) is 25.7 Å². The lowest BCUT2D eigenvalue weighted by atomic mass is 9.95. The molecule has 2 aliphatic rings. The third-order valence-electron chi connectivity index (χ3n) is 3.51. The van der Waals surface area contributed by atoms with E-state index in [4.69, 9.17) is 9.84 Å². The zero-order valence-corrected chi connectivity index (χ0v) is 9.02. The topological polar surface area (TPSA) is 49.8 Å². The van der Waals surface area contributed by atoms with Gasteiger partial charge in [0.1, 0.15) is 0 Å². The van der Waals surface area contributed by atoms with Crippen molar-refractivity contribution in [2.45, 2.75) is 31.7 Å². The maximum absolute atomic E-state index is 10.9. The molecule has 86 valence electrons. The van der Waals surface area contributed by atoms with Gasteiger partial charge >= 0.3 is 5.97 Å². The molecule has 0 amide bonds. The zero-order valence-electron chi connectivity index (χ0n) is 9.02. The first-order chi connectivity index (χ1) is 7.27. The average Bonchev–Trinajstić information content (AvgIpc) is 2.30. The number of carboxylic acid groups (broad SMARTS) is 1. The molecule has 2 fully saturated rings. The highest BCUT2D eigenvalue weighted by atomic mass is 16.5. The molecule has 4 nitrogen and oxygen atoms in total. The van der Waals surface area contributed by atoms with E-state index in [-0.39, 0.29) is 5.92 Å². The number of ether oxygens (including phenoxy) is 1. The summed E-state index contributed by atoms with van der Waals surface area (Å²) in [6.45, 7) is 3.46. The molecule has 1 unspecified atom stereocenters. The molecule has 2 saturated heterocycles. The van der Waals surface area contributed by atoms with Gasteiger partial charge < -0.3 is 9.84 Å². The van der Waals surface area contributed by atoms with E-state index in [1.165, 1.54) is 0 Å². The van der Waals surface area contributed by atoms with Gasteiger partial charge in [0.15, 0.2) is 0 Å². The Morgan fingerprint density at radius 3 is 2.67 bits per heavy atom. The summed E-state index contributed by atoms with van der Waals surface area (Å²) in [6, 6.07) is 0.556. The van der Waals surface area contributed by atoms with Crippen LogP contribution in [0.4, 0.5) is 0 Å². The first-order valence-corrected chi connectivity index (χ1v) is 5.82. The van der Waals surface area contributed by atoms with Gasteiger partial charge in [-0.25, -0.2) is 0 Å². The third-order valence-corrected chi connectivity index (χ3v) is 3.51. The van der Waals surface area contributed by atoms with Gasteiger partial charge in [0.05, 0.1) is 5.92 Å². The predicted molar refractivity (Wildman–Crippen MR) is 55.8 cm³/mol. The molecule has 0 saturated carbocycles. The number of carboxylic acids is 1. The Bertz CT molecular complexity index is 226. The monoisotopic (exact) mass is 213 g/mol. The van der Waals surface area contributed by atoms with Crippen LogP contribution < -0.4 is 0 Å². The average molecular weight is 213 g/mol. The molecular formula is C11H19NO3. The lowest BCUT2D eigenvalue weighted by molar-refractivity contribution is -0.144. The van der Waals surface area contributed by atoms with Crippen molar-refractivity contribution in [3.63, 3.8) is 0 Å². The van der Waals surface area contributed by atoms with Crippen molar-refractivity contribution >= 4 is 5.97 Å². The molecular weight excluding hydrogens is 194 g/mol. The molecule has 0 aromatic rings. The van der Waals surface area contributed by atoms with Crippen molar-refractivity contribution in [3.05, 3.63) is 0 Å². The highest BCUT2D eigenvalue weighted by Crippen LogP contribution is 2.22. The first-order valence-electron chi connectivity index (χ1n) is 5.82. The number of aliphatic carboxylic acids is 1. The molecule has 1 atom stereocenters. The van der Waals surface area contributed by atoms with Crippen LogP contribution >= 0.6 is 0 Å². The normalized spacial score (nSPS) is 30.3. The number of hydrogen-bond acceptors (Lipinski definition) is 3. The minimum Gasteiger partial charge on any atom is -0.481 e. The van der Waals surface area contributed by atoms with Gasteiger partial charge in [-0.05, 0) is 32.2 Å². The van der Waals surface area contributed by atoms with Crippen LogP contribution in [0.5, 0.6) is 0 Å². The molecule has 0 aromatic heterocycles. The number of hydrogen-bond donors (Lipinski definition) is 1. The number of nitrogens with zero attached hydrogens (tertiary/aromatic N) is 1. The Balaban J connectivity index is 1.88. The Labute approximate surface area is 90.2 Å². The second kappa shape index (κ2) is 4.94. The predicted octanol–water partition coefficient (Wildman–Crippen LogP) is 0.962. The van der Waals surface area contributed by atoms with Gasteiger partial charge in [0.25, 0.3) is 0 Å². The van der Waals surface area contributed by atoms with Crippen LogP contribution in [-0.2, 0) is 9.53 Å². The minimum absolute atomic E-state index is 0.151. The van der Waals surface area contributed by atoms with Crippen LogP contribution in [0.2, 0.25) is 0 Å². The largest absolute Gasteiger partial charge is 0.481 e. The van der Waals surface area contributed by atoms with E-state index in [1.54, 1.807) is 0 Å². The van der Waals surface area contributed by atoms with Crippen LogP contribution in [0, 0.1) is 5.92 Å². The van der Waals surface area contributed by atoms with Crippen molar-refractivity contribution in [3.8, 4) is 0 Å². The molecule has 0 aliphatic carbocycles. The van der Waals surface area contributed by atoms with Crippen LogP contribution in [0.3, 0.4) is 0 Å². The summed E-state index contributed by atoms with van der Waals surface area (Å²) in [4.78, 5) is 13.3. The fraction of sp³-hybridized carbons (Fsp3) is 0.909. The Kier molecular flexibility index (Phi) is 3.59. The van der Waals surface area contributed by atoms with Gasteiger partial charge in [-0.15, -0.1) is 0 Å². The van der Waals surface area contributed by atoms with E-state index in [9.17, 15) is 4.79 Å². The lowest BCUT2D eigenvalue weighted by Gasteiger charge is -2.38. The molecule has 0 spiro atoms. The van der Waals surface area contributed by atoms with Gasteiger partial charge in [-0.2, -0.15) is 0 Å². The highest BCUT2D eigenvalue weighted by molar-refractivity contribution is 5.70. The molecule has 0 bridgehead atoms. The summed E-state index contributed by atoms with van der Waals surface area (Å²) in [5.74, 6) is -0.784. The van der Waals surface area contributed by atoms with Gasteiger partial charge in [-0.1, -0.05) is 0 Å². The number of likely N-dealkylation sites (tertiary alicyclic amines) is 1. The van der Waals surface area contributed by atoms with Crippen LogP contribution in [-0.4, -0.2) is 48.3 Å². The van der Waals surface area contributed by atoms with E-state index >= 15 is 0 Å². The third kappa shape index (κ3) is 2.69. The second-order valence-corrected chi connectivity index (χ2v) is 4.52. The highest BCUT2D eigenvalue weighted by Gasteiger charge is 2.30. The number of piperidine rings is 1. The second-order valence-electron chi connectivity index (χ2n) is 4.52. The number of rotatable bonds is 2. The van der Waals surface area contributed by atoms with Gasteiger partial charge in [0.2, 0.25) is 0 Å². The lowest BCUT2D eigenvalue weighted by Crippen LogP contribution is -2.46. The molecule has 2 rings (SSSR count). The molecule has 1 N–H and O–H groups in total. The van der Waals surface area contributed by atoms with E-state index in [0.717, 1.165) is 52.0 Å². The summed E-state index contributed by atoms with van der Waals surface area (Å²) in [7, 11) is 0. The fourth-order valence-electron chi connectivity index (χ4n) is 2.59. The first kappa shape index (κ1) is 10.9. The van der Waals surface area contributed by atoms with Crippen molar-refractivity contribution in [2.24, 2.45) is 5.92 Å². The molecule has 0 radical (unpaired) electrons. The Morgan fingerprint density at radius 1 is 1.27 bits per heavy atom. The SMILES string of the molecule is O=C(O)C1CCCN(C2CCOCC2)C1. The van der Waals surface area contributed by atoms with Crippen molar-refractivity contribution in [2.75, 3.05) is 26.3 Å².